The number of rotatable bonds is 2. The van der Waals surface area contributed by atoms with Crippen molar-refractivity contribution in [2.75, 3.05) is 16.7 Å². The molecular weight excluding hydrogens is 310 g/mol. The first kappa shape index (κ1) is 13.8. The van der Waals surface area contributed by atoms with Crippen molar-refractivity contribution in [3.05, 3.63) is 52.0 Å². The maximum absolute atomic E-state index is 12.4. The molecule has 0 fully saturated rings. The van der Waals surface area contributed by atoms with Crippen molar-refractivity contribution in [2.24, 2.45) is 0 Å². The third-order valence-electron chi connectivity index (χ3n) is 3.08. The van der Waals surface area contributed by atoms with Gasteiger partial charge in [-0.1, -0.05) is 0 Å². The summed E-state index contributed by atoms with van der Waals surface area (Å²) in [7, 11) is -2.40. The molecule has 21 heavy (non-hydrogen) atoms. The summed E-state index contributed by atoms with van der Waals surface area (Å²) in [4.78, 5) is 16.4. The van der Waals surface area contributed by atoms with E-state index < -0.39 is 15.8 Å². The highest BCUT2D eigenvalue weighted by Crippen LogP contribution is 2.37. The van der Waals surface area contributed by atoms with Crippen molar-refractivity contribution >= 4 is 38.5 Å². The second kappa shape index (κ2) is 4.97. The van der Waals surface area contributed by atoms with E-state index in [4.69, 9.17) is 0 Å². The summed E-state index contributed by atoms with van der Waals surface area (Å²) < 4.78 is 25.9. The molecule has 3 rings (SSSR count). The second-order valence-electron chi connectivity index (χ2n) is 4.33. The van der Waals surface area contributed by atoms with Crippen molar-refractivity contribution in [1.82, 2.24) is 4.98 Å². The predicted molar refractivity (Wildman–Crippen MR) is 81.9 cm³/mol. The highest BCUT2D eigenvalue weighted by Gasteiger charge is 2.39. The first-order valence-electron chi connectivity index (χ1n) is 5.99. The Kier molecular flexibility index (Phi) is 3.26. The maximum atomic E-state index is 12.4. The number of nitrogens with zero attached hydrogens (tertiary/aromatic N) is 2. The van der Waals surface area contributed by atoms with Crippen molar-refractivity contribution in [1.29, 1.82) is 0 Å². The van der Waals surface area contributed by atoms with E-state index in [1.165, 1.54) is 30.8 Å². The SMILES string of the molecule is CN1c2ccsc2C(=O)C(=CNc2cccnc2)S1(=O)=O. The molecule has 1 N–H and O–H groups in total. The Morgan fingerprint density at radius 1 is 1.38 bits per heavy atom. The molecule has 6 nitrogen and oxygen atoms in total. The van der Waals surface area contributed by atoms with E-state index in [2.05, 4.69) is 10.3 Å². The zero-order chi connectivity index (χ0) is 15.0. The van der Waals surface area contributed by atoms with Crippen molar-refractivity contribution in [3.8, 4) is 0 Å². The third-order valence-corrected chi connectivity index (χ3v) is 5.76. The molecule has 8 heteroatoms. The molecule has 0 spiro atoms. The minimum absolute atomic E-state index is 0.274. The van der Waals surface area contributed by atoms with E-state index >= 15 is 0 Å². The Morgan fingerprint density at radius 3 is 2.90 bits per heavy atom. The number of carbonyl (C=O) groups is 1. The number of Topliss-reactive ketones (excluding diaryl/α,β-unsaturated/α-hetero) is 1. The fourth-order valence-electron chi connectivity index (χ4n) is 1.96. The molecule has 0 amide bonds. The summed E-state index contributed by atoms with van der Waals surface area (Å²) in [5, 5.41) is 4.50. The molecule has 0 radical (unpaired) electrons. The lowest BCUT2D eigenvalue weighted by atomic mass is 10.2. The second-order valence-corrected chi connectivity index (χ2v) is 7.19. The summed E-state index contributed by atoms with van der Waals surface area (Å²) in [6.45, 7) is 0. The average molecular weight is 321 g/mol. The van der Waals surface area contributed by atoms with Gasteiger partial charge in [0.1, 0.15) is 4.88 Å². The fraction of sp³-hybridized carbons (Fsp3) is 0.0769. The molecule has 108 valence electrons. The van der Waals surface area contributed by atoms with E-state index in [0.717, 1.165) is 4.31 Å². The first-order chi connectivity index (χ1) is 10.0. The standard InChI is InChI=1S/C13H11N3O3S2/c1-16-10-4-6-20-13(10)12(17)11(21(16,18)19)8-15-9-3-2-5-14-7-9/h2-8,15H,1H3. The van der Waals surface area contributed by atoms with Crippen LogP contribution in [-0.4, -0.2) is 26.2 Å². The smallest absolute Gasteiger partial charge is 0.269 e. The molecule has 0 atom stereocenters. The van der Waals surface area contributed by atoms with Gasteiger partial charge in [0.05, 0.1) is 17.6 Å². The van der Waals surface area contributed by atoms with Crippen molar-refractivity contribution in [3.63, 3.8) is 0 Å². The van der Waals surface area contributed by atoms with E-state index in [1.807, 2.05) is 0 Å². The topological polar surface area (TPSA) is 79.4 Å². The Morgan fingerprint density at radius 2 is 2.19 bits per heavy atom. The van der Waals surface area contributed by atoms with Gasteiger partial charge in [-0.25, -0.2) is 8.42 Å². The molecule has 2 aromatic heterocycles. The van der Waals surface area contributed by atoms with Crippen molar-refractivity contribution < 1.29 is 13.2 Å². The van der Waals surface area contributed by atoms with Gasteiger partial charge in [0, 0.05) is 19.4 Å². The van der Waals surface area contributed by atoms with Crippen LogP contribution in [0.25, 0.3) is 0 Å². The van der Waals surface area contributed by atoms with E-state index in [-0.39, 0.29) is 4.91 Å². The summed E-state index contributed by atoms with van der Waals surface area (Å²) in [6, 6.07) is 5.06. The van der Waals surface area contributed by atoms with Gasteiger partial charge in [0.25, 0.3) is 10.0 Å². The first-order valence-corrected chi connectivity index (χ1v) is 8.31. The minimum atomic E-state index is -3.84. The van der Waals surface area contributed by atoms with Crippen LogP contribution in [0.1, 0.15) is 9.67 Å². The number of nitrogens with one attached hydrogen (secondary N) is 1. The van der Waals surface area contributed by atoms with Crippen LogP contribution in [0.4, 0.5) is 11.4 Å². The Bertz CT molecular complexity index is 825. The maximum Gasteiger partial charge on any atom is 0.269 e. The zero-order valence-electron chi connectivity index (χ0n) is 11.0. The Labute approximate surface area is 125 Å². The zero-order valence-corrected chi connectivity index (χ0v) is 12.6. The Hall–Kier alpha value is -2.19. The van der Waals surface area contributed by atoms with Crippen LogP contribution in [0.2, 0.25) is 0 Å². The van der Waals surface area contributed by atoms with Crippen LogP contribution in [0.5, 0.6) is 0 Å². The molecule has 0 aromatic carbocycles. The van der Waals surface area contributed by atoms with Gasteiger partial charge in [0.15, 0.2) is 4.91 Å². The fourth-order valence-corrected chi connectivity index (χ4v) is 4.21. The van der Waals surface area contributed by atoms with Gasteiger partial charge in [-0.2, -0.15) is 0 Å². The number of ketones is 1. The lowest BCUT2D eigenvalue weighted by Crippen LogP contribution is -2.35. The monoisotopic (exact) mass is 321 g/mol. The molecule has 0 saturated carbocycles. The number of aromatic nitrogens is 1. The number of anilines is 2. The number of thiophene rings is 1. The largest absolute Gasteiger partial charge is 0.359 e. The lowest BCUT2D eigenvalue weighted by molar-refractivity contribution is 0.104. The van der Waals surface area contributed by atoms with Gasteiger partial charge < -0.3 is 5.32 Å². The van der Waals surface area contributed by atoms with Crippen LogP contribution in [0.3, 0.4) is 0 Å². The number of fused-ring (bicyclic) bond motifs is 1. The van der Waals surface area contributed by atoms with Crippen LogP contribution < -0.4 is 9.62 Å². The van der Waals surface area contributed by atoms with Gasteiger partial charge in [-0.05, 0) is 23.6 Å². The van der Waals surface area contributed by atoms with Gasteiger partial charge in [-0.15, -0.1) is 11.3 Å². The summed E-state index contributed by atoms with van der Waals surface area (Å²) in [5.41, 5.74) is 1.02. The van der Waals surface area contributed by atoms with Crippen LogP contribution in [0, 0.1) is 0 Å². The van der Waals surface area contributed by atoms with Gasteiger partial charge in [-0.3, -0.25) is 14.1 Å². The number of sulfonamides is 1. The minimum Gasteiger partial charge on any atom is -0.359 e. The molecule has 0 unspecified atom stereocenters. The number of allylic oxidation sites excluding steroid dienone is 1. The molecule has 2 aromatic rings. The summed E-state index contributed by atoms with van der Waals surface area (Å²) in [5.74, 6) is -0.491. The predicted octanol–water partition coefficient (Wildman–Crippen LogP) is 2.06. The van der Waals surface area contributed by atoms with Gasteiger partial charge >= 0.3 is 0 Å². The number of hydrogen-bond donors (Lipinski definition) is 1. The van der Waals surface area contributed by atoms with Crippen molar-refractivity contribution in [2.45, 2.75) is 0 Å². The molecule has 0 bridgehead atoms. The lowest BCUT2D eigenvalue weighted by Gasteiger charge is -2.25. The van der Waals surface area contributed by atoms with Crippen LogP contribution in [0.15, 0.2) is 47.1 Å². The molecule has 3 heterocycles. The van der Waals surface area contributed by atoms with E-state index in [9.17, 15) is 13.2 Å². The number of pyridine rings is 1. The van der Waals surface area contributed by atoms with Crippen LogP contribution >= 0.6 is 11.3 Å². The van der Waals surface area contributed by atoms with E-state index in [1.54, 1.807) is 29.8 Å². The molecule has 0 aliphatic carbocycles. The summed E-state index contributed by atoms with van der Waals surface area (Å²) in [6.07, 6.45) is 4.36. The number of hydrogen-bond acceptors (Lipinski definition) is 6. The Balaban J connectivity index is 2.04. The highest BCUT2D eigenvalue weighted by molar-refractivity contribution is 7.97. The quantitative estimate of drug-likeness (QED) is 0.857. The van der Waals surface area contributed by atoms with Gasteiger partial charge in [0.2, 0.25) is 5.78 Å². The molecule has 1 aliphatic heterocycles. The van der Waals surface area contributed by atoms with Crippen LogP contribution in [-0.2, 0) is 10.0 Å². The molecule has 1 aliphatic rings. The average Bonchev–Trinajstić information content (AvgIpc) is 2.95. The third kappa shape index (κ3) is 2.22. The molecular formula is C13H11N3O3S2. The normalized spacial score (nSPS) is 18.6. The van der Waals surface area contributed by atoms with E-state index in [0.29, 0.717) is 16.3 Å². The number of carbonyl (C=O) groups excluding carboxylic acids is 1. The summed E-state index contributed by atoms with van der Waals surface area (Å²) >= 11 is 1.23. The molecule has 0 saturated heterocycles. The highest BCUT2D eigenvalue weighted by atomic mass is 32.2.